The molecule has 214 valence electrons. The standard InChI is InChI=1S/C26H29F4NO6S2/c1-16(15-39(35,36)22-12-18(26(28,29)30)11-19(27)13-22)17-7-9-31(10-8-17)25(32)23-6-5-21(37-20-3-4-20)14-24(23)38(2,33)34/h5-6,11-14,16-17,20H,3-4,7-10,15H2,1-2H3. The van der Waals surface area contributed by atoms with Crippen molar-refractivity contribution in [2.45, 2.75) is 54.7 Å². The first-order valence-electron chi connectivity index (χ1n) is 12.4. The first-order chi connectivity index (χ1) is 18.0. The van der Waals surface area contributed by atoms with Crippen LogP contribution in [0.3, 0.4) is 0 Å². The minimum absolute atomic E-state index is 0.0290. The number of nitrogens with zero attached hydrogens (tertiary/aromatic N) is 1. The van der Waals surface area contributed by atoms with Gasteiger partial charge in [-0.1, -0.05) is 6.92 Å². The molecule has 0 radical (unpaired) electrons. The van der Waals surface area contributed by atoms with Gasteiger partial charge in [0, 0.05) is 19.3 Å². The van der Waals surface area contributed by atoms with Gasteiger partial charge in [-0.05, 0) is 73.9 Å². The average molecular weight is 592 g/mol. The summed E-state index contributed by atoms with van der Waals surface area (Å²) in [4.78, 5) is 13.9. The Morgan fingerprint density at radius 3 is 2.23 bits per heavy atom. The van der Waals surface area contributed by atoms with Crippen molar-refractivity contribution in [1.82, 2.24) is 4.90 Å². The zero-order chi connectivity index (χ0) is 28.8. The van der Waals surface area contributed by atoms with Crippen LogP contribution in [0.5, 0.6) is 5.75 Å². The first kappa shape index (κ1) is 29.3. The third-order valence-electron chi connectivity index (χ3n) is 7.08. The summed E-state index contributed by atoms with van der Waals surface area (Å²) >= 11 is 0. The third-order valence-corrected chi connectivity index (χ3v) is 10.1. The number of carbonyl (C=O) groups excluding carboxylic acids is 1. The fourth-order valence-electron chi connectivity index (χ4n) is 4.76. The van der Waals surface area contributed by atoms with Crippen LogP contribution < -0.4 is 4.74 Å². The second kappa shape index (κ2) is 10.7. The zero-order valence-electron chi connectivity index (χ0n) is 21.4. The number of halogens is 4. The number of carbonyl (C=O) groups is 1. The van der Waals surface area contributed by atoms with Crippen LogP contribution in [0.2, 0.25) is 0 Å². The number of likely N-dealkylation sites (tertiary alicyclic amines) is 1. The fourth-order valence-corrected chi connectivity index (χ4v) is 7.40. The summed E-state index contributed by atoms with van der Waals surface area (Å²) in [6, 6.07) is 5.63. The highest BCUT2D eigenvalue weighted by Crippen LogP contribution is 2.34. The van der Waals surface area contributed by atoms with Crippen molar-refractivity contribution in [3.63, 3.8) is 0 Å². The molecule has 7 nitrogen and oxygen atoms in total. The van der Waals surface area contributed by atoms with E-state index in [9.17, 15) is 39.2 Å². The molecule has 0 N–H and O–H groups in total. The number of ether oxygens (including phenoxy) is 1. The van der Waals surface area contributed by atoms with Crippen LogP contribution in [0.15, 0.2) is 46.2 Å². The van der Waals surface area contributed by atoms with E-state index in [2.05, 4.69) is 0 Å². The Hall–Kier alpha value is -2.67. The lowest BCUT2D eigenvalue weighted by molar-refractivity contribution is -0.137. The molecular formula is C26H29F4NO6S2. The monoisotopic (exact) mass is 591 g/mol. The van der Waals surface area contributed by atoms with Crippen molar-refractivity contribution in [1.29, 1.82) is 0 Å². The van der Waals surface area contributed by atoms with E-state index < -0.39 is 59.7 Å². The lowest BCUT2D eigenvalue weighted by Crippen LogP contribution is -2.41. The molecule has 1 saturated heterocycles. The fraction of sp³-hybridized carbons (Fsp3) is 0.500. The van der Waals surface area contributed by atoms with E-state index >= 15 is 0 Å². The minimum atomic E-state index is -4.89. The Morgan fingerprint density at radius 1 is 1.03 bits per heavy atom. The van der Waals surface area contributed by atoms with Crippen molar-refractivity contribution in [2.24, 2.45) is 11.8 Å². The van der Waals surface area contributed by atoms with Crippen LogP contribution in [-0.4, -0.2) is 58.8 Å². The normalized spacial score (nSPS) is 18.2. The van der Waals surface area contributed by atoms with E-state index in [-0.39, 0.29) is 41.6 Å². The van der Waals surface area contributed by atoms with E-state index in [4.69, 9.17) is 4.74 Å². The molecule has 1 unspecified atom stereocenters. The molecular weight excluding hydrogens is 562 g/mol. The molecule has 0 bridgehead atoms. The zero-order valence-corrected chi connectivity index (χ0v) is 23.0. The summed E-state index contributed by atoms with van der Waals surface area (Å²) in [7, 11) is -7.95. The van der Waals surface area contributed by atoms with Gasteiger partial charge in [0.05, 0.1) is 32.8 Å². The van der Waals surface area contributed by atoms with Gasteiger partial charge >= 0.3 is 6.18 Å². The van der Waals surface area contributed by atoms with Crippen LogP contribution in [0.25, 0.3) is 0 Å². The third kappa shape index (κ3) is 7.10. The van der Waals surface area contributed by atoms with Crippen molar-refractivity contribution in [2.75, 3.05) is 25.1 Å². The molecule has 0 aromatic heterocycles. The SMILES string of the molecule is CC(CS(=O)(=O)c1cc(F)cc(C(F)(F)F)c1)C1CCN(C(=O)c2ccc(OC3CC3)cc2S(C)(=O)=O)CC1. The lowest BCUT2D eigenvalue weighted by atomic mass is 9.86. The van der Waals surface area contributed by atoms with Gasteiger partial charge in [-0.2, -0.15) is 13.2 Å². The van der Waals surface area contributed by atoms with Gasteiger partial charge in [-0.25, -0.2) is 21.2 Å². The summed E-state index contributed by atoms with van der Waals surface area (Å²) in [6.45, 7) is 2.15. The molecule has 1 saturated carbocycles. The Kier molecular flexibility index (Phi) is 8.06. The molecule has 2 fully saturated rings. The van der Waals surface area contributed by atoms with Crippen molar-refractivity contribution < 1.29 is 43.9 Å². The summed E-state index contributed by atoms with van der Waals surface area (Å²) in [5, 5.41) is 0. The van der Waals surface area contributed by atoms with Crippen LogP contribution >= 0.6 is 0 Å². The quantitative estimate of drug-likeness (QED) is 0.411. The van der Waals surface area contributed by atoms with Crippen molar-refractivity contribution in [3.05, 3.63) is 53.3 Å². The molecule has 1 aliphatic carbocycles. The minimum Gasteiger partial charge on any atom is -0.490 e. The Labute approximate surface area is 225 Å². The maximum atomic E-state index is 13.8. The average Bonchev–Trinajstić information content (AvgIpc) is 3.66. The molecule has 1 atom stereocenters. The maximum Gasteiger partial charge on any atom is 0.416 e. The maximum absolute atomic E-state index is 13.8. The molecule has 1 amide bonds. The Morgan fingerprint density at radius 2 is 1.67 bits per heavy atom. The number of rotatable bonds is 8. The van der Waals surface area contributed by atoms with Gasteiger partial charge in [0.2, 0.25) is 0 Å². The number of amides is 1. The Bertz CT molecular complexity index is 1460. The van der Waals surface area contributed by atoms with E-state index in [0.29, 0.717) is 30.7 Å². The van der Waals surface area contributed by atoms with Gasteiger partial charge < -0.3 is 9.64 Å². The number of sulfone groups is 2. The second-order valence-electron chi connectivity index (χ2n) is 10.3. The highest BCUT2D eigenvalue weighted by Gasteiger charge is 2.35. The topological polar surface area (TPSA) is 97.8 Å². The molecule has 2 aromatic rings. The molecule has 1 heterocycles. The summed E-state index contributed by atoms with van der Waals surface area (Å²) < 4.78 is 109. The van der Waals surface area contributed by atoms with Gasteiger partial charge in [-0.3, -0.25) is 4.79 Å². The highest BCUT2D eigenvalue weighted by molar-refractivity contribution is 7.91. The number of benzene rings is 2. The second-order valence-corrected chi connectivity index (χ2v) is 14.3. The van der Waals surface area contributed by atoms with Gasteiger partial charge in [-0.15, -0.1) is 0 Å². The van der Waals surface area contributed by atoms with Crippen LogP contribution in [0.4, 0.5) is 17.6 Å². The number of alkyl halides is 3. The lowest BCUT2D eigenvalue weighted by Gasteiger charge is -2.35. The molecule has 39 heavy (non-hydrogen) atoms. The van der Waals surface area contributed by atoms with Gasteiger partial charge in [0.15, 0.2) is 19.7 Å². The van der Waals surface area contributed by atoms with E-state index in [1.807, 2.05) is 0 Å². The highest BCUT2D eigenvalue weighted by atomic mass is 32.2. The number of hydrogen-bond donors (Lipinski definition) is 0. The van der Waals surface area contributed by atoms with E-state index in [1.54, 1.807) is 13.0 Å². The van der Waals surface area contributed by atoms with E-state index in [1.165, 1.54) is 17.0 Å². The number of hydrogen-bond acceptors (Lipinski definition) is 6. The summed E-state index contributed by atoms with van der Waals surface area (Å²) in [6.07, 6.45) is -1.21. The molecule has 2 aromatic carbocycles. The van der Waals surface area contributed by atoms with Crippen molar-refractivity contribution in [3.8, 4) is 5.75 Å². The first-order valence-corrected chi connectivity index (χ1v) is 16.0. The van der Waals surface area contributed by atoms with Crippen LogP contribution in [0.1, 0.15) is 48.5 Å². The van der Waals surface area contributed by atoms with Gasteiger partial charge in [0.25, 0.3) is 5.91 Å². The summed E-state index contributed by atoms with van der Waals surface area (Å²) in [5.74, 6) is -2.50. The predicted octanol–water partition coefficient (Wildman–Crippen LogP) is 4.75. The van der Waals surface area contributed by atoms with Crippen molar-refractivity contribution >= 4 is 25.6 Å². The molecule has 0 spiro atoms. The smallest absolute Gasteiger partial charge is 0.416 e. The molecule has 1 aliphatic heterocycles. The van der Waals surface area contributed by atoms with Crippen LogP contribution in [0, 0.1) is 17.7 Å². The molecule has 4 rings (SSSR count). The molecule has 13 heteroatoms. The van der Waals surface area contributed by atoms with Gasteiger partial charge in [0.1, 0.15) is 11.6 Å². The largest absolute Gasteiger partial charge is 0.490 e. The molecule has 2 aliphatic rings. The predicted molar refractivity (Wildman–Crippen MR) is 134 cm³/mol. The van der Waals surface area contributed by atoms with Crippen LogP contribution in [-0.2, 0) is 25.9 Å². The Balaban J connectivity index is 1.43. The van der Waals surface area contributed by atoms with E-state index in [0.717, 1.165) is 19.1 Å². The number of piperidine rings is 1. The summed E-state index contributed by atoms with van der Waals surface area (Å²) in [5.41, 5.74) is -1.34.